The van der Waals surface area contributed by atoms with Gasteiger partial charge in [-0.1, -0.05) is 12.8 Å². The van der Waals surface area contributed by atoms with Crippen LogP contribution in [0.5, 0.6) is 0 Å². The van der Waals surface area contributed by atoms with Gasteiger partial charge in [0.25, 0.3) is 11.6 Å². The molecule has 0 spiro atoms. The van der Waals surface area contributed by atoms with Crippen molar-refractivity contribution in [2.75, 3.05) is 13.7 Å². The van der Waals surface area contributed by atoms with Gasteiger partial charge in [0.15, 0.2) is 0 Å². The summed E-state index contributed by atoms with van der Waals surface area (Å²) in [5.74, 6) is -0.400. The van der Waals surface area contributed by atoms with Crippen molar-refractivity contribution in [3.63, 3.8) is 0 Å². The molecule has 1 saturated heterocycles. The molecule has 1 saturated carbocycles. The van der Waals surface area contributed by atoms with Gasteiger partial charge in [-0.2, -0.15) is 0 Å². The minimum absolute atomic E-state index is 0.0252. The predicted octanol–water partition coefficient (Wildman–Crippen LogP) is 3.18. The van der Waals surface area contributed by atoms with Crippen molar-refractivity contribution in [1.82, 2.24) is 4.90 Å². The highest BCUT2D eigenvalue weighted by Gasteiger charge is 2.36. The van der Waals surface area contributed by atoms with E-state index < -0.39 is 10.9 Å². The third-order valence-electron chi connectivity index (χ3n) is 5.30. The van der Waals surface area contributed by atoms with Crippen LogP contribution in [-0.4, -0.2) is 41.4 Å². The molecule has 1 aliphatic carbocycles. The number of ether oxygens (including phenoxy) is 1. The lowest BCUT2D eigenvalue weighted by atomic mass is 9.78. The predicted molar refractivity (Wildman–Crippen MR) is 90.5 cm³/mol. The molecular weight excluding hydrogens is 324 g/mol. The number of likely N-dealkylation sites (tertiary alicyclic amines) is 1. The molecule has 1 aromatic rings. The molecule has 7 heteroatoms. The van der Waals surface area contributed by atoms with Crippen LogP contribution in [0.4, 0.5) is 5.69 Å². The molecule has 0 radical (unpaired) electrons. The molecule has 2 aliphatic rings. The monoisotopic (exact) mass is 346 g/mol. The second-order valence-corrected chi connectivity index (χ2v) is 6.77. The van der Waals surface area contributed by atoms with E-state index in [1.54, 1.807) is 0 Å². The third kappa shape index (κ3) is 3.50. The van der Waals surface area contributed by atoms with E-state index in [-0.39, 0.29) is 28.8 Å². The Hall–Kier alpha value is -2.44. The molecule has 1 amide bonds. The Morgan fingerprint density at radius 3 is 2.52 bits per heavy atom. The molecule has 1 aromatic carbocycles. The fraction of sp³-hybridized carbons (Fsp3) is 0.556. The number of methoxy groups -OCH3 is 1. The zero-order valence-corrected chi connectivity index (χ0v) is 14.3. The van der Waals surface area contributed by atoms with Crippen molar-refractivity contribution in [2.24, 2.45) is 5.92 Å². The second kappa shape index (κ2) is 7.21. The Balaban J connectivity index is 1.93. The number of hydrogen-bond acceptors (Lipinski definition) is 5. The van der Waals surface area contributed by atoms with E-state index in [2.05, 4.69) is 4.74 Å². The molecule has 0 bridgehead atoms. The van der Waals surface area contributed by atoms with Crippen LogP contribution < -0.4 is 0 Å². The highest BCUT2D eigenvalue weighted by Crippen LogP contribution is 2.36. The van der Waals surface area contributed by atoms with E-state index >= 15 is 0 Å². The summed E-state index contributed by atoms with van der Waals surface area (Å²) in [4.78, 5) is 37.3. The molecule has 7 nitrogen and oxygen atoms in total. The van der Waals surface area contributed by atoms with E-state index in [0.717, 1.165) is 38.2 Å². The topological polar surface area (TPSA) is 89.8 Å². The van der Waals surface area contributed by atoms with Crippen LogP contribution in [0.2, 0.25) is 0 Å². The summed E-state index contributed by atoms with van der Waals surface area (Å²) in [7, 11) is 1.21. The van der Waals surface area contributed by atoms with Crippen molar-refractivity contribution in [2.45, 2.75) is 44.6 Å². The van der Waals surface area contributed by atoms with E-state index in [9.17, 15) is 19.7 Å². The molecule has 134 valence electrons. The first-order valence-corrected chi connectivity index (χ1v) is 8.70. The lowest BCUT2D eigenvalue weighted by molar-refractivity contribution is -0.384. The molecule has 0 aromatic heterocycles. The standard InChI is InChI=1S/C18H22N2O5/c1-25-18(22)14-9-13(10-15(11-14)20(23)24)17(21)19-8-4-6-12-5-2-3-7-16(12)19/h9-12,16H,2-8H2,1H3. The number of esters is 1. The van der Waals surface area contributed by atoms with Crippen LogP contribution in [0.3, 0.4) is 0 Å². The maximum absolute atomic E-state index is 13.0. The minimum Gasteiger partial charge on any atom is -0.465 e. The van der Waals surface area contributed by atoms with Gasteiger partial charge in [0.05, 0.1) is 17.6 Å². The average molecular weight is 346 g/mol. The number of non-ortho nitro benzene ring substituents is 1. The van der Waals surface area contributed by atoms with Gasteiger partial charge in [-0.15, -0.1) is 0 Å². The number of benzene rings is 1. The van der Waals surface area contributed by atoms with Crippen molar-refractivity contribution in [3.8, 4) is 0 Å². The lowest BCUT2D eigenvalue weighted by Crippen LogP contribution is -2.49. The fourth-order valence-electron chi connectivity index (χ4n) is 4.12. The van der Waals surface area contributed by atoms with Gasteiger partial charge in [0.1, 0.15) is 0 Å². The Bertz CT molecular complexity index is 701. The number of carbonyl (C=O) groups is 2. The van der Waals surface area contributed by atoms with Gasteiger partial charge in [0.2, 0.25) is 0 Å². The molecular formula is C18H22N2O5. The normalized spacial score (nSPS) is 22.8. The number of amides is 1. The van der Waals surface area contributed by atoms with Crippen molar-refractivity contribution < 1.29 is 19.2 Å². The van der Waals surface area contributed by atoms with Gasteiger partial charge >= 0.3 is 5.97 Å². The number of fused-ring (bicyclic) bond motifs is 1. The first kappa shape index (κ1) is 17.4. The summed E-state index contributed by atoms with van der Waals surface area (Å²) in [5, 5.41) is 11.2. The lowest BCUT2D eigenvalue weighted by Gasteiger charge is -2.44. The van der Waals surface area contributed by atoms with Gasteiger partial charge in [0, 0.05) is 30.3 Å². The Morgan fingerprint density at radius 1 is 1.12 bits per heavy atom. The molecule has 1 heterocycles. The molecule has 2 unspecified atom stereocenters. The van der Waals surface area contributed by atoms with Crippen LogP contribution in [0, 0.1) is 16.0 Å². The molecule has 2 fully saturated rings. The first-order chi connectivity index (χ1) is 12.0. The zero-order valence-electron chi connectivity index (χ0n) is 14.3. The number of carbonyl (C=O) groups excluding carboxylic acids is 2. The van der Waals surface area contributed by atoms with Gasteiger partial charge in [-0.25, -0.2) is 4.79 Å². The summed E-state index contributed by atoms with van der Waals surface area (Å²) in [6, 6.07) is 3.99. The van der Waals surface area contributed by atoms with Crippen LogP contribution in [-0.2, 0) is 4.74 Å². The average Bonchev–Trinajstić information content (AvgIpc) is 2.65. The minimum atomic E-state index is -0.688. The van der Waals surface area contributed by atoms with Crippen LogP contribution in [0.25, 0.3) is 0 Å². The van der Waals surface area contributed by atoms with Gasteiger partial charge in [-0.3, -0.25) is 14.9 Å². The highest BCUT2D eigenvalue weighted by molar-refractivity contribution is 5.99. The van der Waals surface area contributed by atoms with E-state index in [0.29, 0.717) is 12.5 Å². The Morgan fingerprint density at radius 2 is 1.80 bits per heavy atom. The third-order valence-corrected chi connectivity index (χ3v) is 5.30. The molecule has 2 atom stereocenters. The van der Waals surface area contributed by atoms with E-state index in [4.69, 9.17) is 0 Å². The summed E-state index contributed by atoms with van der Waals surface area (Å²) in [6.45, 7) is 0.663. The second-order valence-electron chi connectivity index (χ2n) is 6.77. The largest absolute Gasteiger partial charge is 0.465 e. The van der Waals surface area contributed by atoms with Gasteiger partial charge in [-0.05, 0) is 37.7 Å². The number of nitrogens with zero attached hydrogens (tertiary/aromatic N) is 2. The number of nitro benzene ring substituents is 1. The first-order valence-electron chi connectivity index (χ1n) is 8.70. The SMILES string of the molecule is COC(=O)c1cc(C(=O)N2CCCC3CCCCC32)cc([N+](=O)[O-])c1. The molecule has 1 aliphatic heterocycles. The van der Waals surface area contributed by atoms with Crippen molar-refractivity contribution in [3.05, 3.63) is 39.4 Å². The molecule has 0 N–H and O–H groups in total. The van der Waals surface area contributed by atoms with E-state index in [1.165, 1.54) is 25.7 Å². The smallest absolute Gasteiger partial charge is 0.338 e. The zero-order chi connectivity index (χ0) is 18.0. The summed E-state index contributed by atoms with van der Waals surface area (Å²) in [6.07, 6.45) is 6.51. The maximum Gasteiger partial charge on any atom is 0.338 e. The number of nitro groups is 1. The number of hydrogen-bond donors (Lipinski definition) is 0. The van der Waals surface area contributed by atoms with Crippen molar-refractivity contribution >= 4 is 17.6 Å². The highest BCUT2D eigenvalue weighted by atomic mass is 16.6. The quantitative estimate of drug-likeness (QED) is 0.476. The number of piperidine rings is 1. The Kier molecular flexibility index (Phi) is 5.01. The van der Waals surface area contributed by atoms with Crippen LogP contribution in [0.15, 0.2) is 18.2 Å². The number of rotatable bonds is 3. The van der Waals surface area contributed by atoms with E-state index in [1.807, 2.05) is 4.90 Å². The van der Waals surface area contributed by atoms with Crippen LogP contribution >= 0.6 is 0 Å². The molecule has 3 rings (SSSR count). The van der Waals surface area contributed by atoms with Gasteiger partial charge < -0.3 is 9.64 Å². The maximum atomic E-state index is 13.0. The summed E-state index contributed by atoms with van der Waals surface area (Å²) >= 11 is 0. The fourth-order valence-corrected chi connectivity index (χ4v) is 4.12. The Labute approximate surface area is 146 Å². The van der Waals surface area contributed by atoms with Crippen molar-refractivity contribution in [1.29, 1.82) is 0 Å². The summed E-state index contributed by atoms with van der Waals surface area (Å²) < 4.78 is 4.65. The van der Waals surface area contributed by atoms with Crippen LogP contribution in [0.1, 0.15) is 59.2 Å². The summed E-state index contributed by atoms with van der Waals surface area (Å²) in [5.41, 5.74) is -0.0680. The molecule has 25 heavy (non-hydrogen) atoms.